The predicted octanol–water partition coefficient (Wildman–Crippen LogP) is 0.772. The second kappa shape index (κ2) is 4.06. The van der Waals surface area contributed by atoms with Crippen LogP contribution < -0.4 is 10.3 Å². The summed E-state index contributed by atoms with van der Waals surface area (Å²) in [6.45, 7) is -0.770. The average Bonchev–Trinajstić information content (AvgIpc) is 2.08. The molecule has 1 rings (SSSR count). The van der Waals surface area contributed by atoms with Gasteiger partial charge < -0.3 is 4.74 Å². The van der Waals surface area contributed by atoms with Crippen LogP contribution in [0.5, 0.6) is 5.75 Å². The van der Waals surface area contributed by atoms with Crippen molar-refractivity contribution in [1.82, 2.24) is 10.2 Å². The number of nitrogens with zero attached hydrogens (tertiary/aromatic N) is 1. The molecule has 1 N–H and O–H groups in total. The van der Waals surface area contributed by atoms with Gasteiger partial charge in [-0.2, -0.15) is 5.10 Å². The number of hydrogen-bond acceptors (Lipinski definition) is 3. The monoisotopic (exact) mass is 192 g/mol. The zero-order chi connectivity index (χ0) is 8.97. The highest BCUT2D eigenvalue weighted by atomic mass is 35.5. The van der Waals surface area contributed by atoms with Gasteiger partial charge in [0.25, 0.3) is 5.56 Å². The number of ether oxygens (including phenoxy) is 1. The summed E-state index contributed by atoms with van der Waals surface area (Å²) >= 11 is 5.50. The van der Waals surface area contributed by atoms with Crippen LogP contribution in [0.4, 0.5) is 4.39 Å². The van der Waals surface area contributed by atoms with E-state index >= 15 is 0 Å². The number of aromatic nitrogens is 2. The average molecular weight is 193 g/mol. The van der Waals surface area contributed by atoms with Crippen LogP contribution in [0.1, 0.15) is 0 Å². The van der Waals surface area contributed by atoms with Crippen LogP contribution in [0.3, 0.4) is 0 Å². The van der Waals surface area contributed by atoms with Crippen molar-refractivity contribution < 1.29 is 9.13 Å². The Morgan fingerprint density at radius 2 is 2.50 bits per heavy atom. The van der Waals surface area contributed by atoms with Gasteiger partial charge in [-0.3, -0.25) is 4.79 Å². The number of aromatic amines is 1. The third-order valence-corrected chi connectivity index (χ3v) is 1.46. The molecule has 4 nitrogen and oxygen atoms in total. The molecule has 0 saturated heterocycles. The van der Waals surface area contributed by atoms with Crippen molar-refractivity contribution in [3.8, 4) is 5.75 Å². The van der Waals surface area contributed by atoms with Gasteiger partial charge in [0.05, 0.1) is 6.20 Å². The van der Waals surface area contributed by atoms with Gasteiger partial charge >= 0.3 is 0 Å². The van der Waals surface area contributed by atoms with Crippen molar-refractivity contribution in [3.05, 3.63) is 21.6 Å². The lowest BCUT2D eigenvalue weighted by Crippen LogP contribution is -2.10. The molecular formula is C6H6ClFN2O2. The molecule has 0 aliphatic heterocycles. The van der Waals surface area contributed by atoms with E-state index in [1.807, 2.05) is 0 Å². The lowest BCUT2D eigenvalue weighted by molar-refractivity contribution is 0.272. The highest BCUT2D eigenvalue weighted by Gasteiger charge is 2.04. The molecule has 0 fully saturated rings. The van der Waals surface area contributed by atoms with Crippen molar-refractivity contribution in [2.24, 2.45) is 0 Å². The summed E-state index contributed by atoms with van der Waals surface area (Å²) in [7, 11) is 0. The third-order valence-electron chi connectivity index (χ3n) is 1.10. The summed E-state index contributed by atoms with van der Waals surface area (Å²) in [5, 5.41) is 5.42. The minimum Gasteiger partial charge on any atom is -0.487 e. The molecule has 6 heteroatoms. The molecule has 0 radical (unpaired) electrons. The zero-order valence-corrected chi connectivity index (χ0v) is 6.77. The molecule has 1 aromatic rings. The minimum atomic E-state index is -0.636. The maximum absolute atomic E-state index is 11.6. The van der Waals surface area contributed by atoms with E-state index in [0.29, 0.717) is 0 Å². The van der Waals surface area contributed by atoms with E-state index in [9.17, 15) is 9.18 Å². The summed E-state index contributed by atoms with van der Waals surface area (Å²) in [5.74, 6) is 0.0954. The number of alkyl halides is 1. The molecule has 0 spiro atoms. The standard InChI is InChI=1S/C6H6ClFN2O2/c7-5-4(12-2-1-8)3-9-10-6(5)11/h3H,1-2H2,(H,10,11). The summed E-state index contributed by atoms with van der Waals surface area (Å²) < 4.78 is 16.4. The Hall–Kier alpha value is -1.10. The van der Waals surface area contributed by atoms with Gasteiger partial charge in [-0.25, -0.2) is 9.49 Å². The van der Waals surface area contributed by atoms with Crippen LogP contribution in [-0.4, -0.2) is 23.5 Å². The van der Waals surface area contributed by atoms with Gasteiger partial charge in [0.1, 0.15) is 13.3 Å². The van der Waals surface area contributed by atoms with E-state index in [4.69, 9.17) is 16.3 Å². The number of H-pyrrole nitrogens is 1. The van der Waals surface area contributed by atoms with E-state index < -0.39 is 12.2 Å². The number of hydrogen-bond donors (Lipinski definition) is 1. The predicted molar refractivity (Wildman–Crippen MR) is 41.3 cm³/mol. The quantitative estimate of drug-likeness (QED) is 0.770. The smallest absolute Gasteiger partial charge is 0.286 e. The van der Waals surface area contributed by atoms with E-state index in [2.05, 4.69) is 10.2 Å². The number of rotatable bonds is 3. The molecule has 0 atom stereocenters. The first-order chi connectivity index (χ1) is 5.75. The lowest BCUT2D eigenvalue weighted by Gasteiger charge is -2.02. The molecule has 0 saturated carbocycles. The van der Waals surface area contributed by atoms with Crippen molar-refractivity contribution in [3.63, 3.8) is 0 Å². The molecule has 0 aliphatic rings. The molecule has 0 unspecified atom stereocenters. The Morgan fingerprint density at radius 1 is 1.75 bits per heavy atom. The van der Waals surface area contributed by atoms with Crippen molar-refractivity contribution in [1.29, 1.82) is 0 Å². The largest absolute Gasteiger partial charge is 0.487 e. The molecule has 0 amide bonds. The molecule has 1 aromatic heterocycles. The minimum absolute atomic E-state index is 0.0954. The second-order valence-electron chi connectivity index (χ2n) is 1.91. The summed E-state index contributed by atoms with van der Waals surface area (Å²) in [6, 6.07) is 0. The maximum Gasteiger partial charge on any atom is 0.286 e. The zero-order valence-electron chi connectivity index (χ0n) is 6.01. The third kappa shape index (κ3) is 1.94. The molecule has 1 heterocycles. The van der Waals surface area contributed by atoms with Gasteiger partial charge in [0, 0.05) is 0 Å². The van der Waals surface area contributed by atoms with Gasteiger partial charge in [-0.05, 0) is 0 Å². The fourth-order valence-electron chi connectivity index (χ4n) is 0.616. The maximum atomic E-state index is 11.6. The topological polar surface area (TPSA) is 55.0 Å². The molecular weight excluding hydrogens is 187 g/mol. The van der Waals surface area contributed by atoms with Crippen LogP contribution in [0, 0.1) is 0 Å². The van der Waals surface area contributed by atoms with E-state index in [1.54, 1.807) is 0 Å². The van der Waals surface area contributed by atoms with Gasteiger partial charge in [0.15, 0.2) is 10.8 Å². The molecule has 12 heavy (non-hydrogen) atoms. The highest BCUT2D eigenvalue weighted by Crippen LogP contribution is 2.16. The van der Waals surface area contributed by atoms with Crippen LogP contribution in [0.15, 0.2) is 11.0 Å². The Balaban J connectivity index is 2.85. The Bertz CT molecular complexity index is 315. The summed E-state index contributed by atoms with van der Waals surface area (Å²) in [5.41, 5.74) is -0.548. The Morgan fingerprint density at radius 3 is 3.17 bits per heavy atom. The van der Waals surface area contributed by atoms with Crippen LogP contribution in [-0.2, 0) is 0 Å². The van der Waals surface area contributed by atoms with Gasteiger partial charge in [-0.1, -0.05) is 11.6 Å². The van der Waals surface area contributed by atoms with Crippen molar-refractivity contribution >= 4 is 11.6 Å². The summed E-state index contributed by atoms with van der Waals surface area (Å²) in [4.78, 5) is 10.8. The first-order valence-corrected chi connectivity index (χ1v) is 3.55. The van der Waals surface area contributed by atoms with Gasteiger partial charge in [0.2, 0.25) is 0 Å². The van der Waals surface area contributed by atoms with Crippen LogP contribution >= 0.6 is 11.6 Å². The van der Waals surface area contributed by atoms with E-state index in [-0.39, 0.29) is 17.4 Å². The SMILES string of the molecule is O=c1[nH]ncc(OCCF)c1Cl. The van der Waals surface area contributed by atoms with Crippen LogP contribution in [0.25, 0.3) is 0 Å². The fourth-order valence-corrected chi connectivity index (χ4v) is 0.762. The number of nitrogens with one attached hydrogen (secondary N) is 1. The van der Waals surface area contributed by atoms with E-state index in [1.165, 1.54) is 6.20 Å². The van der Waals surface area contributed by atoms with Crippen molar-refractivity contribution in [2.75, 3.05) is 13.3 Å². The van der Waals surface area contributed by atoms with Crippen LogP contribution in [0.2, 0.25) is 5.02 Å². The lowest BCUT2D eigenvalue weighted by atomic mass is 10.5. The van der Waals surface area contributed by atoms with E-state index in [0.717, 1.165) is 0 Å². The normalized spacial score (nSPS) is 9.83. The number of halogens is 2. The Kier molecular flexibility index (Phi) is 3.04. The Labute approximate surface area is 72.3 Å². The first kappa shape index (κ1) is 8.99. The molecule has 0 aliphatic carbocycles. The second-order valence-corrected chi connectivity index (χ2v) is 2.29. The van der Waals surface area contributed by atoms with Gasteiger partial charge in [-0.15, -0.1) is 0 Å². The molecule has 0 aromatic carbocycles. The van der Waals surface area contributed by atoms with Crippen molar-refractivity contribution in [2.45, 2.75) is 0 Å². The first-order valence-electron chi connectivity index (χ1n) is 3.17. The fraction of sp³-hybridized carbons (Fsp3) is 0.333. The highest BCUT2D eigenvalue weighted by molar-refractivity contribution is 6.31. The summed E-state index contributed by atoms with van der Waals surface area (Å²) in [6.07, 6.45) is 1.22. The molecule has 0 bridgehead atoms. The molecule has 66 valence electrons.